The minimum Gasteiger partial charge on any atom is -0.456 e. The van der Waals surface area contributed by atoms with Crippen molar-refractivity contribution < 1.29 is 24.0 Å². The second-order valence-corrected chi connectivity index (χ2v) is 13.4. The fourth-order valence-electron chi connectivity index (χ4n) is 5.31. The van der Waals surface area contributed by atoms with Gasteiger partial charge in [0.1, 0.15) is 12.0 Å². The molecule has 0 spiro atoms. The first-order valence-corrected chi connectivity index (χ1v) is 15.3. The van der Waals surface area contributed by atoms with Gasteiger partial charge in [0, 0.05) is 25.8 Å². The molecule has 1 unspecified atom stereocenters. The number of esters is 1. The molecule has 212 valence electrons. The van der Waals surface area contributed by atoms with Crippen molar-refractivity contribution in [2.45, 2.75) is 25.5 Å². The van der Waals surface area contributed by atoms with E-state index in [0.29, 0.717) is 0 Å². The third kappa shape index (κ3) is 5.51. The Morgan fingerprint density at radius 2 is 1.31 bits per heavy atom. The lowest BCUT2D eigenvalue weighted by atomic mass is 9.99. The molecule has 1 saturated heterocycles. The molecule has 1 aliphatic rings. The molecule has 1 atom stereocenters. The van der Waals surface area contributed by atoms with E-state index in [1.54, 1.807) is 6.07 Å². The SMILES string of the molecule is O=C(Cl)CC1CC(=O)N1C(C(=O)OCc1ccccc1[N+](=O)[O-])=P(c1ccccc1)(c1ccccc1)c1ccccc1. The second kappa shape index (κ2) is 12.6. The Labute approximate surface area is 247 Å². The highest BCUT2D eigenvalue weighted by atomic mass is 35.5. The van der Waals surface area contributed by atoms with E-state index < -0.39 is 29.1 Å². The van der Waals surface area contributed by atoms with Crippen molar-refractivity contribution in [3.05, 3.63) is 131 Å². The zero-order chi connectivity index (χ0) is 29.7. The Morgan fingerprint density at radius 3 is 1.76 bits per heavy atom. The molecule has 0 bridgehead atoms. The van der Waals surface area contributed by atoms with Crippen molar-refractivity contribution in [2.24, 2.45) is 0 Å². The lowest BCUT2D eigenvalue weighted by Crippen LogP contribution is -2.60. The van der Waals surface area contributed by atoms with Gasteiger partial charge in [-0.2, -0.15) is 0 Å². The molecule has 0 aromatic heterocycles. The summed E-state index contributed by atoms with van der Waals surface area (Å²) in [5.74, 6) is -1.15. The van der Waals surface area contributed by atoms with E-state index in [2.05, 4.69) is 0 Å². The van der Waals surface area contributed by atoms with Crippen molar-refractivity contribution in [3.63, 3.8) is 0 Å². The predicted octanol–water partition coefficient (Wildman–Crippen LogP) is 4.52. The van der Waals surface area contributed by atoms with Crippen LogP contribution in [0.2, 0.25) is 0 Å². The van der Waals surface area contributed by atoms with Crippen LogP contribution in [-0.2, 0) is 25.7 Å². The summed E-state index contributed by atoms with van der Waals surface area (Å²) in [4.78, 5) is 52.3. The largest absolute Gasteiger partial charge is 0.456 e. The van der Waals surface area contributed by atoms with Gasteiger partial charge < -0.3 is 9.64 Å². The number of carbonyl (C=O) groups is 3. The molecule has 0 saturated carbocycles. The van der Waals surface area contributed by atoms with Crippen LogP contribution in [0.5, 0.6) is 0 Å². The van der Waals surface area contributed by atoms with Crippen LogP contribution in [0.15, 0.2) is 115 Å². The second-order valence-electron chi connectivity index (χ2n) is 9.64. The summed E-state index contributed by atoms with van der Waals surface area (Å²) in [6.07, 6.45) is -0.107. The number of para-hydroxylation sites is 1. The fraction of sp³-hybridized carbons (Fsp3) is 0.125. The van der Waals surface area contributed by atoms with Crippen LogP contribution >= 0.6 is 18.5 Å². The minimum absolute atomic E-state index is 0.0395. The molecule has 1 aliphatic heterocycles. The Balaban J connectivity index is 1.83. The van der Waals surface area contributed by atoms with Crippen LogP contribution < -0.4 is 15.9 Å². The van der Waals surface area contributed by atoms with Crippen LogP contribution in [0.4, 0.5) is 5.69 Å². The molecule has 4 aromatic carbocycles. The van der Waals surface area contributed by atoms with E-state index in [-0.39, 0.29) is 42.0 Å². The molecule has 0 aliphatic carbocycles. The standard InChI is InChI=1S/C32H26ClN2O6P/c33-29(36)20-24-21-30(37)34(24)31(32(38)41-22-23-12-10-11-19-28(23)35(39)40)42(25-13-4-1-5-14-25,26-15-6-2-7-16-26)27-17-8-3-9-18-27/h1-19,24H,20-22H2. The number of nitro groups is 1. The average molecular weight is 601 g/mol. The van der Waals surface area contributed by atoms with Gasteiger partial charge in [-0.1, -0.05) is 103 Å². The highest BCUT2D eigenvalue weighted by molar-refractivity contribution is 7.96. The Hall–Kier alpha value is -4.52. The molecule has 10 heteroatoms. The minimum atomic E-state index is -3.15. The molecule has 5 rings (SSSR count). The van der Waals surface area contributed by atoms with Gasteiger partial charge in [0.25, 0.3) is 5.69 Å². The van der Waals surface area contributed by atoms with Gasteiger partial charge in [0.2, 0.25) is 11.1 Å². The number of likely N-dealkylation sites (tertiary alicyclic amines) is 1. The van der Waals surface area contributed by atoms with E-state index >= 15 is 0 Å². The first-order chi connectivity index (χ1) is 20.3. The number of benzene rings is 4. The highest BCUT2D eigenvalue weighted by Crippen LogP contribution is 2.49. The number of halogens is 1. The summed E-state index contributed by atoms with van der Waals surface area (Å²) in [5.41, 5.74) is 0.109. The number of amides is 1. The molecule has 1 fully saturated rings. The third-order valence-electron chi connectivity index (χ3n) is 7.15. The van der Waals surface area contributed by atoms with Crippen LogP contribution in [0.25, 0.3) is 0 Å². The van der Waals surface area contributed by atoms with Crippen molar-refractivity contribution in [1.82, 2.24) is 4.90 Å². The van der Waals surface area contributed by atoms with E-state index in [1.807, 2.05) is 91.0 Å². The van der Waals surface area contributed by atoms with Gasteiger partial charge in [-0.3, -0.25) is 19.7 Å². The van der Waals surface area contributed by atoms with E-state index in [1.165, 1.54) is 23.1 Å². The summed E-state index contributed by atoms with van der Waals surface area (Å²) in [6, 6.07) is 33.6. The topological polar surface area (TPSA) is 107 Å². The maximum atomic E-state index is 14.5. The van der Waals surface area contributed by atoms with Gasteiger partial charge in [-0.25, -0.2) is 4.79 Å². The highest BCUT2D eigenvalue weighted by Gasteiger charge is 2.47. The van der Waals surface area contributed by atoms with Gasteiger partial charge in [-0.05, 0) is 33.6 Å². The zero-order valence-electron chi connectivity index (χ0n) is 22.3. The molecule has 8 nitrogen and oxygen atoms in total. The number of hydrogen-bond donors (Lipinski definition) is 0. The smallest absolute Gasteiger partial charge is 0.356 e. The molecule has 42 heavy (non-hydrogen) atoms. The summed E-state index contributed by atoms with van der Waals surface area (Å²) in [6.45, 7) is -3.54. The number of hydrogen-bond acceptors (Lipinski definition) is 6. The Kier molecular flexibility index (Phi) is 8.67. The molecule has 1 amide bonds. The summed E-state index contributed by atoms with van der Waals surface area (Å²) >= 11 is 5.78. The number of nitro benzene ring substituents is 1. The van der Waals surface area contributed by atoms with Crippen LogP contribution in [0.3, 0.4) is 0 Å². The lowest BCUT2D eigenvalue weighted by Gasteiger charge is -2.44. The molecule has 0 N–H and O–H groups in total. The maximum absolute atomic E-state index is 14.5. The van der Waals surface area contributed by atoms with E-state index in [4.69, 9.17) is 16.3 Å². The predicted molar refractivity (Wildman–Crippen MR) is 164 cm³/mol. The van der Waals surface area contributed by atoms with Crippen molar-refractivity contribution >= 4 is 62.6 Å². The van der Waals surface area contributed by atoms with Crippen LogP contribution in [0, 0.1) is 10.1 Å². The van der Waals surface area contributed by atoms with Gasteiger partial charge >= 0.3 is 5.97 Å². The third-order valence-corrected chi connectivity index (χ3v) is 11.6. The Morgan fingerprint density at radius 1 is 0.833 bits per heavy atom. The molecular formula is C32H26ClN2O6P. The number of carbonyl (C=O) groups excluding carboxylic acids is 3. The van der Waals surface area contributed by atoms with E-state index in [0.717, 1.165) is 15.9 Å². The van der Waals surface area contributed by atoms with Gasteiger partial charge in [0.05, 0.1) is 16.5 Å². The molecular weight excluding hydrogens is 575 g/mol. The van der Waals surface area contributed by atoms with Crippen molar-refractivity contribution in [2.75, 3.05) is 0 Å². The number of nitrogens with zero attached hydrogens (tertiary/aromatic N) is 2. The normalized spacial score (nSPS) is 14.5. The van der Waals surface area contributed by atoms with Crippen molar-refractivity contribution in [3.8, 4) is 0 Å². The number of β-lactam (4-membered cyclic amide) rings is 1. The summed E-state index contributed by atoms with van der Waals surface area (Å²) in [7, 11) is 0. The summed E-state index contributed by atoms with van der Waals surface area (Å²) in [5, 5.41) is 13.4. The Bertz CT molecular complexity index is 1590. The van der Waals surface area contributed by atoms with Crippen molar-refractivity contribution in [1.29, 1.82) is 0 Å². The zero-order valence-corrected chi connectivity index (χ0v) is 24.0. The van der Waals surface area contributed by atoms with E-state index in [9.17, 15) is 24.5 Å². The summed E-state index contributed by atoms with van der Waals surface area (Å²) < 4.78 is 5.85. The van der Waals surface area contributed by atoms with Gasteiger partial charge in [-0.15, -0.1) is 0 Å². The molecule has 4 aromatic rings. The first-order valence-electron chi connectivity index (χ1n) is 13.2. The lowest BCUT2D eigenvalue weighted by molar-refractivity contribution is -0.385. The fourth-order valence-corrected chi connectivity index (χ4v) is 9.91. The number of rotatable bonds is 10. The monoisotopic (exact) mass is 600 g/mol. The van der Waals surface area contributed by atoms with Gasteiger partial charge in [0.15, 0.2) is 0 Å². The maximum Gasteiger partial charge on any atom is 0.356 e. The first kappa shape index (κ1) is 29.0. The molecule has 0 radical (unpaired) electrons. The van der Waals surface area contributed by atoms with Crippen LogP contribution in [-0.4, -0.2) is 38.4 Å². The average Bonchev–Trinajstić information content (AvgIpc) is 3.01. The number of ether oxygens (including phenoxy) is 1. The van der Waals surface area contributed by atoms with Crippen LogP contribution in [0.1, 0.15) is 18.4 Å². The quantitative estimate of drug-likeness (QED) is 0.0662. The molecule has 1 heterocycles.